The second-order valence-electron chi connectivity index (χ2n) is 6.22. The van der Waals surface area contributed by atoms with E-state index in [4.69, 9.17) is 4.74 Å². The van der Waals surface area contributed by atoms with Gasteiger partial charge in [-0.3, -0.25) is 4.90 Å². The molecule has 1 aromatic carbocycles. The van der Waals surface area contributed by atoms with Gasteiger partial charge in [0.05, 0.1) is 12.7 Å². The SMILES string of the molecule is Cc1cc2c(cc1C)[C@H](O)[C@@H](N1CCCCC1)CCO2. The first-order valence-corrected chi connectivity index (χ1v) is 7.83. The van der Waals surface area contributed by atoms with Crippen LogP contribution in [-0.4, -0.2) is 35.7 Å². The maximum Gasteiger partial charge on any atom is 0.125 e. The molecular weight excluding hydrogens is 250 g/mol. The van der Waals surface area contributed by atoms with E-state index in [0.717, 1.165) is 30.8 Å². The Morgan fingerprint density at radius 2 is 1.80 bits per heavy atom. The Morgan fingerprint density at radius 3 is 2.55 bits per heavy atom. The molecule has 2 aliphatic heterocycles. The molecule has 0 unspecified atom stereocenters. The number of hydrogen-bond donors (Lipinski definition) is 1. The summed E-state index contributed by atoms with van der Waals surface area (Å²) in [6, 6.07) is 4.39. The predicted octanol–water partition coefficient (Wildman–Crippen LogP) is 2.97. The van der Waals surface area contributed by atoms with Crippen molar-refractivity contribution in [3.63, 3.8) is 0 Å². The Hall–Kier alpha value is -1.06. The van der Waals surface area contributed by atoms with Gasteiger partial charge in [-0.25, -0.2) is 0 Å². The molecule has 0 spiro atoms. The molecule has 0 radical (unpaired) electrons. The van der Waals surface area contributed by atoms with Crippen LogP contribution >= 0.6 is 0 Å². The van der Waals surface area contributed by atoms with E-state index in [0.29, 0.717) is 6.61 Å². The lowest BCUT2D eigenvalue weighted by Gasteiger charge is -2.36. The van der Waals surface area contributed by atoms with E-state index < -0.39 is 6.10 Å². The molecule has 0 bridgehead atoms. The number of ether oxygens (including phenoxy) is 1. The summed E-state index contributed by atoms with van der Waals surface area (Å²) in [6.07, 6.45) is 4.32. The van der Waals surface area contributed by atoms with E-state index in [2.05, 4.69) is 30.9 Å². The highest BCUT2D eigenvalue weighted by Crippen LogP contribution is 2.36. The van der Waals surface area contributed by atoms with Gasteiger partial charge in [0.25, 0.3) is 0 Å². The molecular formula is C17H25NO2. The first-order valence-electron chi connectivity index (χ1n) is 7.83. The van der Waals surface area contributed by atoms with E-state index in [1.54, 1.807) is 0 Å². The molecule has 2 heterocycles. The fourth-order valence-corrected chi connectivity index (χ4v) is 3.46. The summed E-state index contributed by atoms with van der Waals surface area (Å²) < 4.78 is 5.89. The number of aryl methyl sites for hydroxylation is 2. The largest absolute Gasteiger partial charge is 0.493 e. The summed E-state index contributed by atoms with van der Waals surface area (Å²) >= 11 is 0. The van der Waals surface area contributed by atoms with Crippen molar-refractivity contribution < 1.29 is 9.84 Å². The minimum absolute atomic E-state index is 0.207. The highest BCUT2D eigenvalue weighted by Gasteiger charge is 2.32. The Balaban J connectivity index is 1.90. The molecule has 0 amide bonds. The van der Waals surface area contributed by atoms with Gasteiger partial charge in [0.2, 0.25) is 0 Å². The Kier molecular flexibility index (Phi) is 3.99. The topological polar surface area (TPSA) is 32.7 Å². The van der Waals surface area contributed by atoms with Gasteiger partial charge in [-0.05, 0) is 69.5 Å². The first kappa shape index (κ1) is 13.9. The van der Waals surface area contributed by atoms with Crippen LogP contribution in [0.2, 0.25) is 0 Å². The molecule has 3 rings (SSSR count). The van der Waals surface area contributed by atoms with Crippen LogP contribution in [0.25, 0.3) is 0 Å². The van der Waals surface area contributed by atoms with E-state index >= 15 is 0 Å². The minimum atomic E-state index is -0.426. The molecule has 3 nitrogen and oxygen atoms in total. The number of likely N-dealkylation sites (tertiary alicyclic amines) is 1. The standard InChI is InChI=1S/C17H25NO2/c1-12-10-14-16(11-13(12)2)20-9-6-15(17(14)19)18-7-4-3-5-8-18/h10-11,15,17,19H,3-9H2,1-2H3/t15-,17-/m0/s1. The van der Waals surface area contributed by atoms with Crippen molar-refractivity contribution >= 4 is 0 Å². The van der Waals surface area contributed by atoms with Crippen LogP contribution in [0.5, 0.6) is 5.75 Å². The van der Waals surface area contributed by atoms with Gasteiger partial charge >= 0.3 is 0 Å². The number of benzene rings is 1. The summed E-state index contributed by atoms with van der Waals surface area (Å²) in [5.74, 6) is 0.875. The lowest BCUT2D eigenvalue weighted by Crippen LogP contribution is -2.43. The Labute approximate surface area is 121 Å². The summed E-state index contributed by atoms with van der Waals surface area (Å²) in [7, 11) is 0. The molecule has 20 heavy (non-hydrogen) atoms. The molecule has 2 aliphatic rings. The molecule has 2 atom stereocenters. The average molecular weight is 275 g/mol. The van der Waals surface area contributed by atoms with Crippen LogP contribution in [0.1, 0.15) is 48.5 Å². The first-order chi connectivity index (χ1) is 9.66. The quantitative estimate of drug-likeness (QED) is 0.855. The highest BCUT2D eigenvalue weighted by molar-refractivity contribution is 5.44. The number of aliphatic hydroxyl groups excluding tert-OH is 1. The van der Waals surface area contributed by atoms with Gasteiger partial charge in [-0.15, -0.1) is 0 Å². The number of piperidine rings is 1. The summed E-state index contributed by atoms with van der Waals surface area (Å²) in [5, 5.41) is 10.8. The molecule has 1 aromatic rings. The molecule has 3 heteroatoms. The average Bonchev–Trinajstić information content (AvgIpc) is 2.61. The van der Waals surface area contributed by atoms with Crippen molar-refractivity contribution in [3.8, 4) is 5.75 Å². The number of aliphatic hydroxyl groups is 1. The van der Waals surface area contributed by atoms with Crippen molar-refractivity contribution in [1.82, 2.24) is 4.90 Å². The number of nitrogens with zero attached hydrogens (tertiary/aromatic N) is 1. The zero-order valence-electron chi connectivity index (χ0n) is 12.6. The third kappa shape index (κ3) is 2.57. The van der Waals surface area contributed by atoms with E-state index in [1.165, 1.54) is 30.4 Å². The van der Waals surface area contributed by atoms with Gasteiger partial charge in [-0.2, -0.15) is 0 Å². The van der Waals surface area contributed by atoms with Gasteiger partial charge in [0, 0.05) is 11.6 Å². The van der Waals surface area contributed by atoms with Crippen LogP contribution < -0.4 is 4.74 Å². The Morgan fingerprint density at radius 1 is 1.10 bits per heavy atom. The van der Waals surface area contributed by atoms with Gasteiger partial charge in [0.15, 0.2) is 0 Å². The number of rotatable bonds is 1. The maximum absolute atomic E-state index is 10.8. The zero-order valence-corrected chi connectivity index (χ0v) is 12.6. The van der Waals surface area contributed by atoms with Gasteiger partial charge in [-0.1, -0.05) is 6.42 Å². The molecule has 0 aliphatic carbocycles. The Bertz CT molecular complexity index is 480. The second-order valence-corrected chi connectivity index (χ2v) is 6.22. The van der Waals surface area contributed by atoms with E-state index in [9.17, 15) is 5.11 Å². The predicted molar refractivity (Wildman–Crippen MR) is 80.2 cm³/mol. The molecule has 1 N–H and O–H groups in total. The fraction of sp³-hybridized carbons (Fsp3) is 0.647. The lowest BCUT2D eigenvalue weighted by molar-refractivity contribution is 0.0334. The molecule has 0 aromatic heterocycles. The summed E-state index contributed by atoms with van der Waals surface area (Å²) in [5.41, 5.74) is 3.43. The van der Waals surface area contributed by atoms with Crippen molar-refractivity contribution in [2.45, 2.75) is 51.7 Å². The van der Waals surface area contributed by atoms with Crippen LogP contribution in [0, 0.1) is 13.8 Å². The fourth-order valence-electron chi connectivity index (χ4n) is 3.46. The second kappa shape index (κ2) is 5.74. The van der Waals surface area contributed by atoms with Crippen LogP contribution in [0.4, 0.5) is 0 Å². The van der Waals surface area contributed by atoms with Crippen LogP contribution in [0.15, 0.2) is 12.1 Å². The van der Waals surface area contributed by atoms with Gasteiger partial charge < -0.3 is 9.84 Å². The molecule has 0 saturated carbocycles. The van der Waals surface area contributed by atoms with Crippen molar-refractivity contribution in [2.75, 3.05) is 19.7 Å². The lowest BCUT2D eigenvalue weighted by atomic mass is 9.94. The van der Waals surface area contributed by atoms with Crippen molar-refractivity contribution in [2.24, 2.45) is 0 Å². The summed E-state index contributed by atoms with van der Waals surface area (Å²) in [6.45, 7) is 7.12. The molecule has 110 valence electrons. The van der Waals surface area contributed by atoms with Crippen LogP contribution in [0.3, 0.4) is 0 Å². The number of fused-ring (bicyclic) bond motifs is 1. The maximum atomic E-state index is 10.8. The normalized spacial score (nSPS) is 27.6. The van der Waals surface area contributed by atoms with Crippen molar-refractivity contribution in [3.05, 3.63) is 28.8 Å². The highest BCUT2D eigenvalue weighted by atomic mass is 16.5. The van der Waals surface area contributed by atoms with E-state index in [1.807, 2.05) is 0 Å². The van der Waals surface area contributed by atoms with Crippen molar-refractivity contribution in [1.29, 1.82) is 0 Å². The van der Waals surface area contributed by atoms with Crippen LogP contribution in [-0.2, 0) is 0 Å². The summed E-state index contributed by atoms with van der Waals surface area (Å²) in [4.78, 5) is 2.46. The van der Waals surface area contributed by atoms with E-state index in [-0.39, 0.29) is 6.04 Å². The zero-order chi connectivity index (χ0) is 14.1. The number of hydrogen-bond acceptors (Lipinski definition) is 3. The smallest absolute Gasteiger partial charge is 0.125 e. The third-order valence-electron chi connectivity index (χ3n) is 4.84. The molecule has 1 saturated heterocycles. The third-order valence-corrected chi connectivity index (χ3v) is 4.84. The minimum Gasteiger partial charge on any atom is -0.493 e. The van der Waals surface area contributed by atoms with Gasteiger partial charge in [0.1, 0.15) is 5.75 Å². The monoisotopic (exact) mass is 275 g/mol. The molecule has 1 fully saturated rings.